The number of aryl methyl sites for hydroxylation is 1. The van der Waals surface area contributed by atoms with Crippen molar-refractivity contribution in [2.75, 3.05) is 12.3 Å². The molecule has 0 spiro atoms. The van der Waals surface area contributed by atoms with E-state index in [-0.39, 0.29) is 24.7 Å². The summed E-state index contributed by atoms with van der Waals surface area (Å²) in [6, 6.07) is 26.1. The van der Waals surface area contributed by atoms with E-state index in [2.05, 4.69) is 5.32 Å². The second-order valence-corrected chi connectivity index (χ2v) is 12.2. The first-order valence-corrected chi connectivity index (χ1v) is 14.7. The van der Waals surface area contributed by atoms with Crippen molar-refractivity contribution < 1.29 is 24.2 Å². The van der Waals surface area contributed by atoms with Gasteiger partial charge in [0.05, 0.1) is 5.92 Å². The third kappa shape index (κ3) is 8.70. The topological polar surface area (TPSA) is 104 Å². The number of aliphatic carboxylic acids is 1. The fourth-order valence-electron chi connectivity index (χ4n) is 4.33. The first-order chi connectivity index (χ1) is 17.7. The lowest BCUT2D eigenvalue weighted by molar-refractivity contribution is -0.143. The van der Waals surface area contributed by atoms with Crippen LogP contribution in [0.1, 0.15) is 31.4 Å². The van der Waals surface area contributed by atoms with Gasteiger partial charge in [0.15, 0.2) is 0 Å². The lowest BCUT2D eigenvalue weighted by atomic mass is 9.95. The molecule has 3 N–H and O–H groups in total. The molecule has 0 aliphatic carbocycles. The van der Waals surface area contributed by atoms with E-state index < -0.39 is 31.2 Å². The highest BCUT2D eigenvalue weighted by atomic mass is 31.2. The molecule has 0 aliphatic heterocycles. The minimum absolute atomic E-state index is 0.0570. The van der Waals surface area contributed by atoms with E-state index in [9.17, 15) is 24.2 Å². The Kier molecular flexibility index (Phi) is 10.2. The van der Waals surface area contributed by atoms with Gasteiger partial charge < -0.3 is 15.3 Å². The summed E-state index contributed by atoms with van der Waals surface area (Å²) in [6.45, 7) is 3.64. The number of carboxylic acids is 1. The third-order valence-electron chi connectivity index (χ3n) is 6.79. The molecule has 0 saturated carbocycles. The Morgan fingerprint density at radius 3 is 2.00 bits per heavy atom. The van der Waals surface area contributed by atoms with Gasteiger partial charge in [-0.25, -0.2) is 4.79 Å². The highest BCUT2D eigenvalue weighted by Gasteiger charge is 2.33. The molecule has 0 bridgehead atoms. The first kappa shape index (κ1) is 28.4. The predicted octanol–water partition coefficient (Wildman–Crippen LogP) is 5.64. The molecule has 4 atom stereocenters. The fourth-order valence-corrected chi connectivity index (χ4v) is 6.10. The summed E-state index contributed by atoms with van der Waals surface area (Å²) < 4.78 is 13.2. The summed E-state index contributed by atoms with van der Waals surface area (Å²) >= 11 is 0. The summed E-state index contributed by atoms with van der Waals surface area (Å²) in [5, 5.41) is 12.3. The maximum atomic E-state index is 13.3. The van der Waals surface area contributed by atoms with Crippen LogP contribution < -0.4 is 5.32 Å². The number of rotatable bonds is 13. The number of hydrogen-bond donors (Lipinski definition) is 3. The molecule has 0 aliphatic rings. The maximum Gasteiger partial charge on any atom is 0.326 e. The van der Waals surface area contributed by atoms with Crippen LogP contribution in [0, 0.1) is 11.8 Å². The van der Waals surface area contributed by atoms with Crippen LogP contribution in [0.5, 0.6) is 0 Å². The highest BCUT2D eigenvalue weighted by Crippen LogP contribution is 2.43. The average molecular weight is 522 g/mol. The average Bonchev–Trinajstić information content (AvgIpc) is 2.91. The van der Waals surface area contributed by atoms with Gasteiger partial charge in [0, 0.05) is 12.3 Å². The van der Waals surface area contributed by atoms with E-state index in [0.717, 1.165) is 22.3 Å². The van der Waals surface area contributed by atoms with Crippen molar-refractivity contribution in [1.29, 1.82) is 0 Å². The second kappa shape index (κ2) is 13.4. The van der Waals surface area contributed by atoms with Crippen molar-refractivity contribution in [3.63, 3.8) is 0 Å². The zero-order chi connectivity index (χ0) is 26.8. The summed E-state index contributed by atoms with van der Waals surface area (Å²) in [5.41, 5.74) is 3.90. The molecule has 37 heavy (non-hydrogen) atoms. The molecule has 0 radical (unpaired) electrons. The molecule has 1 amide bonds. The van der Waals surface area contributed by atoms with E-state index in [0.29, 0.717) is 12.8 Å². The summed E-state index contributed by atoms with van der Waals surface area (Å²) in [4.78, 5) is 36.0. The molecule has 7 heteroatoms. The molecule has 3 aromatic carbocycles. The van der Waals surface area contributed by atoms with Crippen LogP contribution in [-0.4, -0.2) is 40.2 Å². The van der Waals surface area contributed by atoms with E-state index in [1.165, 1.54) is 0 Å². The van der Waals surface area contributed by atoms with Crippen LogP contribution in [0.25, 0.3) is 11.1 Å². The van der Waals surface area contributed by atoms with Gasteiger partial charge in [-0.1, -0.05) is 105 Å². The predicted molar refractivity (Wildman–Crippen MR) is 148 cm³/mol. The number of hydrogen-bond acceptors (Lipinski definition) is 3. The lowest BCUT2D eigenvalue weighted by Crippen LogP contribution is -2.48. The van der Waals surface area contributed by atoms with Crippen LogP contribution in [0.2, 0.25) is 0 Å². The quantitative estimate of drug-likeness (QED) is 0.253. The SMILES string of the molecule is CC[C@@H](C)[C@H](NC(=O)[C@H](Cc1ccc(-c2ccccc2)cc1)CP(=O)(O)CCc1ccccc1)C(=O)O. The number of benzene rings is 3. The Morgan fingerprint density at radius 2 is 1.43 bits per heavy atom. The van der Waals surface area contributed by atoms with Crippen LogP contribution in [0.3, 0.4) is 0 Å². The molecule has 1 unspecified atom stereocenters. The first-order valence-electron chi connectivity index (χ1n) is 12.7. The van der Waals surface area contributed by atoms with Crippen molar-refractivity contribution in [3.05, 3.63) is 96.1 Å². The molecule has 3 aromatic rings. The van der Waals surface area contributed by atoms with Crippen molar-refractivity contribution >= 4 is 19.2 Å². The number of nitrogens with one attached hydrogen (secondary N) is 1. The Labute approximate surface area is 219 Å². The summed E-state index contributed by atoms with van der Waals surface area (Å²) in [6.07, 6.45) is 1.10. The van der Waals surface area contributed by atoms with Gasteiger partial charge in [-0.15, -0.1) is 0 Å². The van der Waals surface area contributed by atoms with Crippen LogP contribution in [0.15, 0.2) is 84.9 Å². The van der Waals surface area contributed by atoms with Gasteiger partial charge in [0.2, 0.25) is 13.3 Å². The fraction of sp³-hybridized carbons (Fsp3) is 0.333. The normalized spacial score (nSPS) is 15.2. The molecular formula is C30H36NO5P. The van der Waals surface area contributed by atoms with Gasteiger partial charge in [-0.05, 0) is 41.0 Å². The molecule has 196 valence electrons. The zero-order valence-electron chi connectivity index (χ0n) is 21.4. The van der Waals surface area contributed by atoms with Crippen molar-refractivity contribution in [1.82, 2.24) is 5.32 Å². The Balaban J connectivity index is 1.79. The van der Waals surface area contributed by atoms with Crippen LogP contribution in [-0.2, 0) is 27.0 Å². The number of amides is 1. The largest absolute Gasteiger partial charge is 0.480 e. The standard InChI is InChI=1S/C30H36NO5P/c1-3-22(2)28(30(33)34)31-29(32)27(21-37(35,36)19-18-23-10-6-4-7-11-23)20-24-14-16-26(17-15-24)25-12-8-5-9-13-25/h4-17,22,27-28H,3,18-21H2,1-2H3,(H,31,32)(H,33,34)(H,35,36)/t22-,27-,28+/m1/s1. The Morgan fingerprint density at radius 1 is 0.865 bits per heavy atom. The Bertz CT molecular complexity index is 1200. The third-order valence-corrected chi connectivity index (χ3v) is 8.72. The van der Waals surface area contributed by atoms with E-state index in [4.69, 9.17) is 0 Å². The van der Waals surface area contributed by atoms with Gasteiger partial charge in [0.1, 0.15) is 6.04 Å². The van der Waals surface area contributed by atoms with Gasteiger partial charge >= 0.3 is 5.97 Å². The zero-order valence-corrected chi connectivity index (χ0v) is 22.3. The second-order valence-electron chi connectivity index (χ2n) is 9.66. The molecule has 3 rings (SSSR count). The molecule has 0 fully saturated rings. The molecule has 0 heterocycles. The Hall–Kier alpha value is -3.21. The number of carbonyl (C=O) groups is 2. The van der Waals surface area contributed by atoms with Crippen molar-refractivity contribution in [2.24, 2.45) is 11.8 Å². The van der Waals surface area contributed by atoms with Crippen LogP contribution in [0.4, 0.5) is 0 Å². The van der Waals surface area contributed by atoms with Crippen LogP contribution >= 0.6 is 7.37 Å². The van der Waals surface area contributed by atoms with E-state index in [1.54, 1.807) is 6.92 Å². The summed E-state index contributed by atoms with van der Waals surface area (Å²) in [7, 11) is -3.67. The van der Waals surface area contributed by atoms with Crippen molar-refractivity contribution in [2.45, 2.75) is 39.2 Å². The molecule has 0 saturated heterocycles. The number of carboxylic acid groups (broad SMARTS) is 1. The summed E-state index contributed by atoms with van der Waals surface area (Å²) in [5.74, 6) is -2.72. The molecular weight excluding hydrogens is 485 g/mol. The van der Waals surface area contributed by atoms with E-state index in [1.807, 2.05) is 91.9 Å². The lowest BCUT2D eigenvalue weighted by Gasteiger charge is -2.25. The minimum atomic E-state index is -3.67. The van der Waals surface area contributed by atoms with Crippen molar-refractivity contribution in [3.8, 4) is 11.1 Å². The van der Waals surface area contributed by atoms with Gasteiger partial charge in [-0.3, -0.25) is 9.36 Å². The maximum absolute atomic E-state index is 13.3. The highest BCUT2D eigenvalue weighted by molar-refractivity contribution is 7.58. The van der Waals surface area contributed by atoms with Gasteiger partial charge in [0.25, 0.3) is 0 Å². The van der Waals surface area contributed by atoms with E-state index >= 15 is 0 Å². The minimum Gasteiger partial charge on any atom is -0.480 e. The monoisotopic (exact) mass is 521 g/mol. The molecule has 6 nitrogen and oxygen atoms in total. The molecule has 0 aromatic heterocycles. The smallest absolute Gasteiger partial charge is 0.326 e. The number of carbonyl (C=O) groups excluding carboxylic acids is 1. The van der Waals surface area contributed by atoms with Gasteiger partial charge in [-0.2, -0.15) is 0 Å².